The third-order valence-electron chi connectivity index (χ3n) is 2.42. The number of nitrogens with one attached hydrogen (secondary N) is 1. The van der Waals surface area contributed by atoms with E-state index in [-0.39, 0.29) is 0 Å². The molecule has 96 valence electrons. The van der Waals surface area contributed by atoms with Crippen molar-refractivity contribution in [3.05, 3.63) is 18.0 Å². The number of nitrogens with zero attached hydrogens (tertiary/aromatic N) is 2. The van der Waals surface area contributed by atoms with Gasteiger partial charge in [-0.3, -0.25) is 9.48 Å². The van der Waals surface area contributed by atoms with Gasteiger partial charge in [0.05, 0.1) is 6.20 Å². The highest BCUT2D eigenvalue weighted by Crippen LogP contribution is 2.13. The lowest BCUT2D eigenvalue weighted by Gasteiger charge is -2.14. The highest BCUT2D eigenvalue weighted by molar-refractivity contribution is 5.75. The molecular weight excluding hydrogens is 218 g/mol. The second kappa shape index (κ2) is 6.39. The van der Waals surface area contributed by atoms with Crippen molar-refractivity contribution in [2.75, 3.05) is 6.54 Å². The minimum Gasteiger partial charge on any atom is -0.480 e. The first-order chi connectivity index (χ1) is 8.04. The molecular formula is C12H21N3O2. The SMILES string of the molecule is CCCn1cc(C(NCC(C)C)C(=O)O)cn1. The molecule has 1 aromatic rings. The van der Waals surface area contributed by atoms with Crippen LogP contribution in [-0.2, 0) is 11.3 Å². The fraction of sp³-hybridized carbons (Fsp3) is 0.667. The van der Waals surface area contributed by atoms with Gasteiger partial charge in [0.25, 0.3) is 0 Å². The van der Waals surface area contributed by atoms with Gasteiger partial charge in [-0.2, -0.15) is 5.10 Å². The van der Waals surface area contributed by atoms with Gasteiger partial charge in [-0.05, 0) is 18.9 Å². The fourth-order valence-electron chi connectivity index (χ4n) is 1.58. The molecule has 0 aromatic carbocycles. The predicted octanol–water partition coefficient (Wildman–Crippen LogP) is 1.66. The molecule has 5 heteroatoms. The highest BCUT2D eigenvalue weighted by atomic mass is 16.4. The van der Waals surface area contributed by atoms with Crippen molar-refractivity contribution in [1.82, 2.24) is 15.1 Å². The Bertz CT molecular complexity index is 360. The van der Waals surface area contributed by atoms with Gasteiger partial charge in [0.1, 0.15) is 6.04 Å². The topological polar surface area (TPSA) is 67.2 Å². The van der Waals surface area contributed by atoms with Crippen LogP contribution in [0.3, 0.4) is 0 Å². The average molecular weight is 239 g/mol. The zero-order chi connectivity index (χ0) is 12.8. The Labute approximate surface area is 102 Å². The van der Waals surface area contributed by atoms with Gasteiger partial charge in [-0.1, -0.05) is 20.8 Å². The summed E-state index contributed by atoms with van der Waals surface area (Å²) in [6.07, 6.45) is 4.41. The van der Waals surface area contributed by atoms with Crippen LogP contribution in [0, 0.1) is 5.92 Å². The molecule has 0 aliphatic carbocycles. The van der Waals surface area contributed by atoms with Crippen LogP contribution in [0.2, 0.25) is 0 Å². The number of hydrogen-bond donors (Lipinski definition) is 2. The van der Waals surface area contributed by atoms with Crippen molar-refractivity contribution in [2.45, 2.75) is 39.8 Å². The monoisotopic (exact) mass is 239 g/mol. The Morgan fingerprint density at radius 1 is 1.59 bits per heavy atom. The third-order valence-corrected chi connectivity index (χ3v) is 2.42. The number of aromatic nitrogens is 2. The number of carbonyl (C=O) groups is 1. The first kappa shape index (κ1) is 13.7. The minimum atomic E-state index is -0.860. The molecule has 1 unspecified atom stereocenters. The van der Waals surface area contributed by atoms with E-state index in [1.54, 1.807) is 17.1 Å². The zero-order valence-electron chi connectivity index (χ0n) is 10.7. The maximum absolute atomic E-state index is 11.2. The summed E-state index contributed by atoms with van der Waals surface area (Å²) in [4.78, 5) is 11.2. The van der Waals surface area contributed by atoms with Crippen LogP contribution in [-0.4, -0.2) is 27.4 Å². The lowest BCUT2D eigenvalue weighted by atomic mass is 10.1. The molecule has 17 heavy (non-hydrogen) atoms. The van der Waals surface area contributed by atoms with Gasteiger partial charge in [0, 0.05) is 18.3 Å². The highest BCUT2D eigenvalue weighted by Gasteiger charge is 2.20. The maximum Gasteiger partial charge on any atom is 0.325 e. The van der Waals surface area contributed by atoms with Gasteiger partial charge >= 0.3 is 5.97 Å². The lowest BCUT2D eigenvalue weighted by Crippen LogP contribution is -2.31. The van der Waals surface area contributed by atoms with E-state index >= 15 is 0 Å². The van der Waals surface area contributed by atoms with E-state index in [9.17, 15) is 9.90 Å². The Morgan fingerprint density at radius 2 is 2.29 bits per heavy atom. The van der Waals surface area contributed by atoms with E-state index in [0.717, 1.165) is 13.0 Å². The largest absolute Gasteiger partial charge is 0.480 e. The van der Waals surface area contributed by atoms with Crippen molar-refractivity contribution in [2.24, 2.45) is 5.92 Å². The zero-order valence-corrected chi connectivity index (χ0v) is 10.7. The van der Waals surface area contributed by atoms with E-state index in [2.05, 4.69) is 17.3 Å². The number of aliphatic carboxylic acids is 1. The summed E-state index contributed by atoms with van der Waals surface area (Å²) in [5.74, 6) is -0.441. The molecule has 5 nitrogen and oxygen atoms in total. The van der Waals surface area contributed by atoms with Crippen molar-refractivity contribution in [1.29, 1.82) is 0 Å². The van der Waals surface area contributed by atoms with Crippen LogP contribution in [0.25, 0.3) is 0 Å². The Balaban J connectivity index is 2.71. The molecule has 1 atom stereocenters. The molecule has 0 saturated heterocycles. The molecule has 0 aliphatic heterocycles. The summed E-state index contributed by atoms with van der Waals surface area (Å²) in [5.41, 5.74) is 0.714. The summed E-state index contributed by atoms with van der Waals surface area (Å²) in [5, 5.41) is 16.4. The molecule has 0 bridgehead atoms. The van der Waals surface area contributed by atoms with E-state index in [0.29, 0.717) is 18.0 Å². The summed E-state index contributed by atoms with van der Waals surface area (Å²) < 4.78 is 1.78. The van der Waals surface area contributed by atoms with Crippen LogP contribution < -0.4 is 5.32 Å². The number of rotatable bonds is 7. The van der Waals surface area contributed by atoms with Crippen molar-refractivity contribution in [3.63, 3.8) is 0 Å². The maximum atomic E-state index is 11.2. The molecule has 0 aliphatic rings. The summed E-state index contributed by atoms with van der Waals surface area (Å²) in [6, 6.07) is -0.664. The standard InChI is InChI=1S/C12H21N3O2/c1-4-5-15-8-10(7-14-15)11(12(16)17)13-6-9(2)3/h7-9,11,13H,4-6H2,1-3H3,(H,16,17). The molecule has 1 heterocycles. The molecule has 0 radical (unpaired) electrons. The molecule has 0 saturated carbocycles. The van der Waals surface area contributed by atoms with Gasteiger partial charge in [-0.15, -0.1) is 0 Å². The van der Waals surface area contributed by atoms with E-state index in [1.807, 2.05) is 13.8 Å². The molecule has 2 N–H and O–H groups in total. The molecule has 0 fully saturated rings. The van der Waals surface area contributed by atoms with Crippen LogP contribution in [0.15, 0.2) is 12.4 Å². The molecule has 0 amide bonds. The van der Waals surface area contributed by atoms with E-state index in [1.165, 1.54) is 0 Å². The Morgan fingerprint density at radius 3 is 2.82 bits per heavy atom. The summed E-state index contributed by atoms with van der Waals surface area (Å²) in [6.45, 7) is 7.65. The van der Waals surface area contributed by atoms with Gasteiger partial charge in [0.15, 0.2) is 0 Å². The quantitative estimate of drug-likeness (QED) is 0.759. The summed E-state index contributed by atoms with van der Waals surface area (Å²) >= 11 is 0. The Hall–Kier alpha value is -1.36. The lowest BCUT2D eigenvalue weighted by molar-refractivity contribution is -0.139. The fourth-order valence-corrected chi connectivity index (χ4v) is 1.58. The van der Waals surface area contributed by atoms with Gasteiger partial charge in [0.2, 0.25) is 0 Å². The third kappa shape index (κ3) is 4.19. The van der Waals surface area contributed by atoms with E-state index < -0.39 is 12.0 Å². The Kier molecular flexibility index (Phi) is 5.15. The second-order valence-corrected chi connectivity index (χ2v) is 4.61. The molecule has 1 aromatic heterocycles. The van der Waals surface area contributed by atoms with Crippen LogP contribution in [0.5, 0.6) is 0 Å². The molecule has 1 rings (SSSR count). The normalized spacial score (nSPS) is 12.9. The first-order valence-corrected chi connectivity index (χ1v) is 6.03. The second-order valence-electron chi connectivity index (χ2n) is 4.61. The number of carboxylic acid groups (broad SMARTS) is 1. The van der Waals surface area contributed by atoms with Crippen LogP contribution in [0.4, 0.5) is 0 Å². The first-order valence-electron chi connectivity index (χ1n) is 6.03. The average Bonchev–Trinajstić information content (AvgIpc) is 2.66. The summed E-state index contributed by atoms with van der Waals surface area (Å²) in [7, 11) is 0. The van der Waals surface area contributed by atoms with E-state index in [4.69, 9.17) is 0 Å². The van der Waals surface area contributed by atoms with Crippen LogP contribution >= 0.6 is 0 Å². The number of carboxylic acids is 1. The molecule has 0 spiro atoms. The number of hydrogen-bond acceptors (Lipinski definition) is 3. The van der Waals surface area contributed by atoms with Crippen molar-refractivity contribution < 1.29 is 9.90 Å². The minimum absolute atomic E-state index is 0.419. The smallest absolute Gasteiger partial charge is 0.325 e. The predicted molar refractivity (Wildman–Crippen MR) is 65.7 cm³/mol. The van der Waals surface area contributed by atoms with Gasteiger partial charge in [-0.25, -0.2) is 0 Å². The number of aryl methyl sites for hydroxylation is 1. The van der Waals surface area contributed by atoms with Crippen LogP contribution in [0.1, 0.15) is 38.8 Å². The van der Waals surface area contributed by atoms with Gasteiger partial charge < -0.3 is 10.4 Å². The van der Waals surface area contributed by atoms with Crippen molar-refractivity contribution in [3.8, 4) is 0 Å². The van der Waals surface area contributed by atoms with Crippen molar-refractivity contribution >= 4 is 5.97 Å².